The highest BCUT2D eigenvalue weighted by molar-refractivity contribution is 5.56. The van der Waals surface area contributed by atoms with Crippen LogP contribution >= 0.6 is 0 Å². The van der Waals surface area contributed by atoms with Gasteiger partial charge in [0.05, 0.1) is 31.3 Å². The van der Waals surface area contributed by atoms with E-state index in [0.717, 1.165) is 0 Å². The Bertz CT molecular complexity index is 158. The Morgan fingerprint density at radius 2 is 2.17 bits per heavy atom. The van der Waals surface area contributed by atoms with E-state index in [1.54, 1.807) is 0 Å². The summed E-state index contributed by atoms with van der Waals surface area (Å²) < 4.78 is 4.92. The van der Waals surface area contributed by atoms with Gasteiger partial charge >= 0.3 is 0 Å². The van der Waals surface area contributed by atoms with Gasteiger partial charge in [0.25, 0.3) is 0 Å². The molecule has 5 heteroatoms. The first-order chi connectivity index (χ1) is 5.70. The number of carbonyl (C=O) groups excluding carboxylic acids is 1. The van der Waals surface area contributed by atoms with E-state index in [0.29, 0.717) is 6.29 Å². The van der Waals surface area contributed by atoms with Gasteiger partial charge in [0.1, 0.15) is 12.4 Å². The molecule has 5 nitrogen and oxygen atoms in total. The minimum Gasteiger partial charge on any atom is -0.394 e. The lowest BCUT2D eigenvalue weighted by Crippen LogP contribution is -2.51. The van der Waals surface area contributed by atoms with Crippen molar-refractivity contribution in [2.45, 2.75) is 18.3 Å². The second kappa shape index (κ2) is 3.95. The predicted molar refractivity (Wildman–Crippen MR) is 38.4 cm³/mol. The molecule has 1 fully saturated rings. The van der Waals surface area contributed by atoms with E-state index in [2.05, 4.69) is 0 Å². The minimum absolute atomic E-state index is 0.0449. The van der Waals surface area contributed by atoms with E-state index in [-0.39, 0.29) is 13.2 Å². The van der Waals surface area contributed by atoms with Crippen LogP contribution in [-0.4, -0.2) is 53.1 Å². The molecule has 12 heavy (non-hydrogen) atoms. The Balaban J connectivity index is 2.64. The van der Waals surface area contributed by atoms with Crippen LogP contribution in [0, 0.1) is 5.92 Å². The average molecular weight is 176 g/mol. The molecule has 0 amide bonds. The maximum Gasteiger partial charge on any atom is 0.128 e. The second-order valence-electron chi connectivity index (χ2n) is 2.83. The molecule has 0 unspecified atom stereocenters. The normalized spacial score (nSPS) is 42.6. The third-order valence-electron chi connectivity index (χ3n) is 2.04. The molecular formula is C7H12O5. The molecule has 1 aliphatic rings. The zero-order valence-corrected chi connectivity index (χ0v) is 6.46. The number of aliphatic hydroxyl groups excluding tert-OH is 3. The van der Waals surface area contributed by atoms with Crippen LogP contribution in [0.1, 0.15) is 0 Å². The van der Waals surface area contributed by atoms with Crippen LogP contribution in [0.15, 0.2) is 0 Å². The van der Waals surface area contributed by atoms with Crippen LogP contribution in [-0.2, 0) is 9.53 Å². The molecule has 0 aromatic heterocycles. The summed E-state index contributed by atoms with van der Waals surface area (Å²) in [6, 6.07) is 0. The molecule has 0 spiro atoms. The predicted octanol–water partition coefficient (Wildman–Crippen LogP) is -2.09. The molecule has 4 atom stereocenters. The average Bonchev–Trinajstić information content (AvgIpc) is 2.09. The van der Waals surface area contributed by atoms with Crippen molar-refractivity contribution in [2.24, 2.45) is 5.92 Å². The summed E-state index contributed by atoms with van der Waals surface area (Å²) in [5.74, 6) is -0.834. The van der Waals surface area contributed by atoms with Crippen molar-refractivity contribution in [1.29, 1.82) is 0 Å². The lowest BCUT2D eigenvalue weighted by molar-refractivity contribution is -0.169. The molecule has 1 rings (SSSR count). The van der Waals surface area contributed by atoms with Crippen LogP contribution in [0.5, 0.6) is 0 Å². The highest BCUT2D eigenvalue weighted by Gasteiger charge is 2.37. The largest absolute Gasteiger partial charge is 0.394 e. The quantitative estimate of drug-likeness (QED) is 0.420. The van der Waals surface area contributed by atoms with Gasteiger partial charge in [-0.25, -0.2) is 0 Å². The molecule has 3 N–H and O–H groups in total. The van der Waals surface area contributed by atoms with Gasteiger partial charge in [-0.15, -0.1) is 0 Å². The first-order valence-corrected chi connectivity index (χ1v) is 3.74. The molecule has 1 heterocycles. The summed E-state index contributed by atoms with van der Waals surface area (Å²) in [7, 11) is 0. The first kappa shape index (κ1) is 9.60. The number of carbonyl (C=O) groups is 1. The van der Waals surface area contributed by atoms with Crippen LogP contribution in [0.2, 0.25) is 0 Å². The molecular weight excluding hydrogens is 164 g/mol. The number of ether oxygens (including phenoxy) is 1. The molecule has 0 aromatic rings. The number of hydrogen-bond donors (Lipinski definition) is 3. The Hall–Kier alpha value is -0.490. The van der Waals surface area contributed by atoms with Crippen molar-refractivity contribution in [2.75, 3.05) is 13.2 Å². The van der Waals surface area contributed by atoms with Gasteiger partial charge in [0, 0.05) is 0 Å². The van der Waals surface area contributed by atoms with Crippen LogP contribution in [0.25, 0.3) is 0 Å². The third kappa shape index (κ3) is 1.64. The summed E-state index contributed by atoms with van der Waals surface area (Å²) in [6.45, 7) is -0.371. The van der Waals surface area contributed by atoms with Crippen molar-refractivity contribution in [1.82, 2.24) is 0 Å². The Labute approximate surface area is 69.6 Å². The van der Waals surface area contributed by atoms with Gasteiger partial charge in [0.15, 0.2) is 0 Å². The molecule has 1 saturated heterocycles. The zero-order chi connectivity index (χ0) is 9.14. The standard InChI is InChI=1S/C7H12O5/c8-1-4-6(2-9)12-3-5(10)7(4)11/h1,4-7,9-11H,2-3H2/t4-,5+,6-,7+/m0/s1. The minimum atomic E-state index is -1.13. The number of rotatable bonds is 2. The van der Waals surface area contributed by atoms with E-state index in [9.17, 15) is 9.90 Å². The maximum absolute atomic E-state index is 10.4. The number of hydrogen-bond acceptors (Lipinski definition) is 5. The Morgan fingerprint density at radius 3 is 2.67 bits per heavy atom. The van der Waals surface area contributed by atoms with Gasteiger partial charge in [-0.2, -0.15) is 0 Å². The van der Waals surface area contributed by atoms with Crippen molar-refractivity contribution in [3.05, 3.63) is 0 Å². The summed E-state index contributed by atoms with van der Waals surface area (Å²) in [6.07, 6.45) is -2.37. The summed E-state index contributed by atoms with van der Waals surface area (Å²) in [4.78, 5) is 10.4. The van der Waals surface area contributed by atoms with Crippen molar-refractivity contribution >= 4 is 6.29 Å². The Kier molecular flexibility index (Phi) is 3.16. The summed E-state index contributed by atoms with van der Waals surface area (Å²) in [5.41, 5.74) is 0. The van der Waals surface area contributed by atoms with E-state index >= 15 is 0 Å². The third-order valence-corrected chi connectivity index (χ3v) is 2.04. The van der Waals surface area contributed by atoms with Crippen molar-refractivity contribution in [3.63, 3.8) is 0 Å². The van der Waals surface area contributed by atoms with E-state index in [4.69, 9.17) is 14.9 Å². The lowest BCUT2D eigenvalue weighted by Gasteiger charge is -2.34. The first-order valence-electron chi connectivity index (χ1n) is 3.74. The lowest BCUT2D eigenvalue weighted by atomic mass is 9.91. The topological polar surface area (TPSA) is 87.0 Å². The van der Waals surface area contributed by atoms with E-state index in [1.165, 1.54) is 0 Å². The summed E-state index contributed by atoms with van der Waals surface area (Å²) in [5, 5.41) is 27.1. The van der Waals surface area contributed by atoms with Gasteiger partial charge in [-0.3, -0.25) is 0 Å². The fourth-order valence-corrected chi connectivity index (χ4v) is 1.25. The van der Waals surface area contributed by atoms with E-state index in [1.807, 2.05) is 0 Å². The number of aliphatic hydroxyl groups is 3. The molecule has 0 saturated carbocycles. The molecule has 70 valence electrons. The smallest absolute Gasteiger partial charge is 0.128 e. The number of aldehydes is 1. The van der Waals surface area contributed by atoms with Gasteiger partial charge in [0.2, 0.25) is 0 Å². The molecule has 0 radical (unpaired) electrons. The van der Waals surface area contributed by atoms with Crippen LogP contribution in [0.3, 0.4) is 0 Å². The van der Waals surface area contributed by atoms with Crippen molar-refractivity contribution < 1.29 is 24.9 Å². The van der Waals surface area contributed by atoms with Crippen LogP contribution in [0.4, 0.5) is 0 Å². The van der Waals surface area contributed by atoms with Crippen LogP contribution < -0.4 is 0 Å². The highest BCUT2D eigenvalue weighted by Crippen LogP contribution is 2.19. The fourth-order valence-electron chi connectivity index (χ4n) is 1.25. The van der Waals surface area contributed by atoms with E-state index < -0.39 is 24.2 Å². The monoisotopic (exact) mass is 176 g/mol. The van der Waals surface area contributed by atoms with Gasteiger partial charge < -0.3 is 24.9 Å². The van der Waals surface area contributed by atoms with Gasteiger partial charge in [-0.1, -0.05) is 0 Å². The maximum atomic E-state index is 10.4. The highest BCUT2D eigenvalue weighted by atomic mass is 16.5. The summed E-state index contributed by atoms with van der Waals surface area (Å²) >= 11 is 0. The molecule has 0 aromatic carbocycles. The SMILES string of the molecule is O=C[C@@H]1[C@@H](O)[C@H](O)CO[C@H]1CO. The Morgan fingerprint density at radius 1 is 1.50 bits per heavy atom. The molecule has 0 aliphatic carbocycles. The van der Waals surface area contributed by atoms with Crippen molar-refractivity contribution in [3.8, 4) is 0 Å². The second-order valence-corrected chi connectivity index (χ2v) is 2.83. The molecule has 1 aliphatic heterocycles. The van der Waals surface area contributed by atoms with Gasteiger partial charge in [-0.05, 0) is 0 Å². The fraction of sp³-hybridized carbons (Fsp3) is 0.857. The zero-order valence-electron chi connectivity index (χ0n) is 6.46. The molecule has 0 bridgehead atoms.